The third-order valence-electron chi connectivity index (χ3n) is 3.93. The molecule has 0 radical (unpaired) electrons. The Morgan fingerprint density at radius 2 is 1.48 bits per heavy atom. The highest BCUT2D eigenvalue weighted by Crippen LogP contribution is 2.39. The van der Waals surface area contributed by atoms with Crippen molar-refractivity contribution in [3.8, 4) is 0 Å². The summed E-state index contributed by atoms with van der Waals surface area (Å²) in [6, 6.07) is 14.9. The van der Waals surface area contributed by atoms with Gasteiger partial charge in [-0.3, -0.25) is 4.55 Å². The summed E-state index contributed by atoms with van der Waals surface area (Å²) in [6.45, 7) is 0. The molecule has 0 bridgehead atoms. The molecule has 0 atom stereocenters. The Labute approximate surface area is 120 Å². The number of benzene rings is 4. The number of nitrogen functional groups attached to an aromatic ring is 1. The van der Waals surface area contributed by atoms with Gasteiger partial charge in [-0.25, -0.2) is 0 Å². The molecular formula is C16H11NO3S. The Bertz CT molecular complexity index is 1100. The molecule has 4 aromatic rings. The number of anilines is 1. The van der Waals surface area contributed by atoms with E-state index in [9.17, 15) is 13.0 Å². The fraction of sp³-hybridized carbons (Fsp3) is 0. The molecule has 0 spiro atoms. The third-order valence-corrected chi connectivity index (χ3v) is 4.82. The summed E-state index contributed by atoms with van der Waals surface area (Å²) in [5.41, 5.74) is 6.06. The van der Waals surface area contributed by atoms with Gasteiger partial charge in [-0.05, 0) is 33.0 Å². The first-order chi connectivity index (χ1) is 9.97. The van der Waals surface area contributed by atoms with Gasteiger partial charge in [0.05, 0.1) is 5.69 Å². The quantitative estimate of drug-likeness (QED) is 0.320. The van der Waals surface area contributed by atoms with E-state index in [1.807, 2.05) is 36.4 Å². The van der Waals surface area contributed by atoms with Crippen LogP contribution in [-0.2, 0) is 10.1 Å². The monoisotopic (exact) mass is 297 g/mol. The lowest BCUT2D eigenvalue weighted by Crippen LogP contribution is -2.04. The number of nitrogens with two attached hydrogens (primary N) is 1. The van der Waals surface area contributed by atoms with Crippen LogP contribution in [0.25, 0.3) is 32.3 Å². The van der Waals surface area contributed by atoms with Crippen molar-refractivity contribution in [1.29, 1.82) is 0 Å². The van der Waals surface area contributed by atoms with Gasteiger partial charge < -0.3 is 5.73 Å². The molecule has 0 aliphatic carbocycles. The van der Waals surface area contributed by atoms with Crippen LogP contribution in [0.2, 0.25) is 0 Å². The minimum Gasteiger partial charge on any atom is -0.397 e. The van der Waals surface area contributed by atoms with Crippen molar-refractivity contribution in [1.82, 2.24) is 0 Å². The normalized spacial score (nSPS) is 12.6. The number of hydrogen-bond acceptors (Lipinski definition) is 3. The standard InChI is InChI=1S/C16H11NO3S/c17-16-12-7-6-10-3-1-2-9-4-5-11(15(12)14(9)10)8-13(16)21(18,19)20/h1-8H,17H2,(H,18,19,20). The SMILES string of the molecule is Nc1c(S(=O)(=O)O)cc2ccc3cccc4ccc1c2c34. The van der Waals surface area contributed by atoms with Crippen LogP contribution < -0.4 is 5.73 Å². The Hall–Kier alpha value is -2.37. The van der Waals surface area contributed by atoms with Crippen LogP contribution in [0.3, 0.4) is 0 Å². The van der Waals surface area contributed by atoms with E-state index in [2.05, 4.69) is 0 Å². The van der Waals surface area contributed by atoms with Crippen molar-refractivity contribution in [2.75, 3.05) is 5.73 Å². The predicted molar refractivity (Wildman–Crippen MR) is 84.4 cm³/mol. The van der Waals surface area contributed by atoms with Crippen LogP contribution in [0.15, 0.2) is 53.4 Å². The molecular weight excluding hydrogens is 286 g/mol. The van der Waals surface area contributed by atoms with Crippen LogP contribution >= 0.6 is 0 Å². The van der Waals surface area contributed by atoms with Gasteiger partial charge in [0.2, 0.25) is 0 Å². The zero-order valence-corrected chi connectivity index (χ0v) is 11.7. The first-order valence-electron chi connectivity index (χ1n) is 6.40. The van der Waals surface area contributed by atoms with Gasteiger partial charge in [-0.2, -0.15) is 8.42 Å². The first kappa shape index (κ1) is 12.4. The first-order valence-corrected chi connectivity index (χ1v) is 7.84. The number of rotatable bonds is 1. The van der Waals surface area contributed by atoms with Gasteiger partial charge >= 0.3 is 0 Å². The molecule has 3 N–H and O–H groups in total. The molecule has 0 aliphatic heterocycles. The Kier molecular flexibility index (Phi) is 2.26. The van der Waals surface area contributed by atoms with Crippen LogP contribution in [0.5, 0.6) is 0 Å². The summed E-state index contributed by atoms with van der Waals surface area (Å²) in [5.74, 6) is 0. The van der Waals surface area contributed by atoms with Gasteiger partial charge in [0.15, 0.2) is 0 Å². The summed E-state index contributed by atoms with van der Waals surface area (Å²) in [7, 11) is -4.35. The van der Waals surface area contributed by atoms with E-state index in [4.69, 9.17) is 5.73 Å². The molecule has 0 fully saturated rings. The Balaban J connectivity index is 2.36. The molecule has 4 aromatic carbocycles. The fourth-order valence-corrected chi connectivity index (χ4v) is 3.68. The highest BCUT2D eigenvalue weighted by atomic mass is 32.2. The second kappa shape index (κ2) is 3.84. The molecule has 5 heteroatoms. The van der Waals surface area contributed by atoms with Crippen LogP contribution in [0.1, 0.15) is 0 Å². The van der Waals surface area contributed by atoms with E-state index < -0.39 is 10.1 Å². The van der Waals surface area contributed by atoms with Crippen molar-refractivity contribution in [3.05, 3.63) is 48.5 Å². The van der Waals surface area contributed by atoms with Crippen molar-refractivity contribution in [2.24, 2.45) is 0 Å². The van der Waals surface area contributed by atoms with Crippen LogP contribution in [0.4, 0.5) is 5.69 Å². The van der Waals surface area contributed by atoms with Gasteiger partial charge in [-0.15, -0.1) is 0 Å². The third kappa shape index (κ3) is 1.62. The highest BCUT2D eigenvalue weighted by molar-refractivity contribution is 7.86. The lowest BCUT2D eigenvalue weighted by molar-refractivity contribution is 0.484. The molecule has 0 saturated heterocycles. The summed E-state index contributed by atoms with van der Waals surface area (Å²) in [4.78, 5) is -0.242. The average molecular weight is 297 g/mol. The molecule has 0 amide bonds. The minimum atomic E-state index is -4.35. The van der Waals surface area contributed by atoms with E-state index in [1.54, 1.807) is 6.07 Å². The molecule has 0 aliphatic rings. The largest absolute Gasteiger partial charge is 0.397 e. The van der Waals surface area contributed by atoms with E-state index in [0.29, 0.717) is 5.39 Å². The zero-order chi connectivity index (χ0) is 14.8. The summed E-state index contributed by atoms with van der Waals surface area (Å²) < 4.78 is 32.3. The maximum atomic E-state index is 11.5. The smallest absolute Gasteiger partial charge is 0.296 e. The van der Waals surface area contributed by atoms with Gasteiger partial charge in [0.1, 0.15) is 4.90 Å². The minimum absolute atomic E-state index is 0.0863. The summed E-state index contributed by atoms with van der Waals surface area (Å²) in [6.07, 6.45) is 0. The van der Waals surface area contributed by atoms with Crippen molar-refractivity contribution in [2.45, 2.75) is 4.90 Å². The lowest BCUT2D eigenvalue weighted by atomic mass is 9.93. The van der Waals surface area contributed by atoms with Gasteiger partial charge in [0, 0.05) is 5.39 Å². The fourth-order valence-electron chi connectivity index (χ4n) is 3.02. The van der Waals surface area contributed by atoms with Gasteiger partial charge in [-0.1, -0.05) is 42.5 Å². The van der Waals surface area contributed by atoms with E-state index >= 15 is 0 Å². The molecule has 104 valence electrons. The molecule has 0 unspecified atom stereocenters. The molecule has 0 heterocycles. The number of hydrogen-bond donors (Lipinski definition) is 2. The molecule has 4 nitrogen and oxygen atoms in total. The summed E-state index contributed by atoms with van der Waals surface area (Å²) >= 11 is 0. The van der Waals surface area contributed by atoms with E-state index in [1.165, 1.54) is 6.07 Å². The topological polar surface area (TPSA) is 80.4 Å². The second-order valence-corrected chi connectivity index (χ2v) is 6.51. The van der Waals surface area contributed by atoms with E-state index in [0.717, 1.165) is 26.9 Å². The molecule has 21 heavy (non-hydrogen) atoms. The van der Waals surface area contributed by atoms with Gasteiger partial charge in [0.25, 0.3) is 10.1 Å². The van der Waals surface area contributed by atoms with E-state index in [-0.39, 0.29) is 10.6 Å². The molecule has 0 aromatic heterocycles. The molecule has 0 saturated carbocycles. The zero-order valence-electron chi connectivity index (χ0n) is 10.9. The second-order valence-electron chi connectivity index (χ2n) is 5.12. The highest BCUT2D eigenvalue weighted by Gasteiger charge is 2.19. The lowest BCUT2D eigenvalue weighted by Gasteiger charge is -2.14. The average Bonchev–Trinajstić information content (AvgIpc) is 2.45. The molecule has 4 rings (SSSR count). The predicted octanol–water partition coefficient (Wildman–Crippen LogP) is 3.41. The van der Waals surface area contributed by atoms with Crippen molar-refractivity contribution in [3.63, 3.8) is 0 Å². The maximum Gasteiger partial charge on any atom is 0.296 e. The van der Waals surface area contributed by atoms with Crippen molar-refractivity contribution < 1.29 is 13.0 Å². The summed E-state index contributed by atoms with van der Waals surface area (Å²) in [5, 5.41) is 5.52. The maximum absolute atomic E-state index is 11.5. The van der Waals surface area contributed by atoms with Crippen LogP contribution in [0, 0.1) is 0 Å². The van der Waals surface area contributed by atoms with Crippen molar-refractivity contribution >= 4 is 48.1 Å². The van der Waals surface area contributed by atoms with Crippen LogP contribution in [-0.4, -0.2) is 13.0 Å². The Morgan fingerprint density at radius 1 is 0.857 bits per heavy atom. The Morgan fingerprint density at radius 3 is 2.14 bits per heavy atom.